The molecule has 1 unspecified atom stereocenters. The molecule has 0 radical (unpaired) electrons. The Balaban J connectivity index is 2.41. The predicted octanol–water partition coefficient (Wildman–Crippen LogP) is 6.28. The highest BCUT2D eigenvalue weighted by atomic mass is 35.5. The number of aryl methyl sites for hydroxylation is 1. The second-order valence-corrected chi connectivity index (χ2v) is 5.72. The molecule has 0 heterocycles. The van der Waals surface area contributed by atoms with Crippen molar-refractivity contribution in [2.24, 2.45) is 0 Å². The number of hydrogen-bond acceptors (Lipinski definition) is 0. The van der Waals surface area contributed by atoms with Crippen LogP contribution >= 0.6 is 46.4 Å². The van der Waals surface area contributed by atoms with Crippen molar-refractivity contribution in [1.29, 1.82) is 0 Å². The van der Waals surface area contributed by atoms with E-state index in [1.54, 1.807) is 12.1 Å². The first-order valence-electron chi connectivity index (χ1n) is 5.34. The van der Waals surface area contributed by atoms with Crippen LogP contribution in [0.2, 0.25) is 15.1 Å². The maximum Gasteiger partial charge on any atom is 0.0850 e. The first-order chi connectivity index (χ1) is 8.49. The molecule has 0 aromatic heterocycles. The third-order valence-electron chi connectivity index (χ3n) is 2.67. The SMILES string of the molecule is Cc1ccc(C(Cl)c2ccc(Cl)c(Cl)c2)c(Cl)c1. The van der Waals surface area contributed by atoms with E-state index in [0.29, 0.717) is 15.1 Å². The standard InChI is InChI=1S/C14H10Cl4/c1-8-2-4-10(12(16)6-8)14(18)9-3-5-11(15)13(17)7-9/h2-7,14H,1H3. The van der Waals surface area contributed by atoms with E-state index in [9.17, 15) is 0 Å². The van der Waals surface area contributed by atoms with Gasteiger partial charge in [-0.1, -0.05) is 53.0 Å². The van der Waals surface area contributed by atoms with Crippen molar-refractivity contribution < 1.29 is 0 Å². The maximum atomic E-state index is 6.43. The lowest BCUT2D eigenvalue weighted by atomic mass is 10.0. The number of alkyl halides is 1. The lowest BCUT2D eigenvalue weighted by Crippen LogP contribution is -1.95. The summed E-state index contributed by atoms with van der Waals surface area (Å²) in [6.45, 7) is 1.98. The van der Waals surface area contributed by atoms with Crippen molar-refractivity contribution in [2.45, 2.75) is 12.3 Å². The zero-order valence-corrected chi connectivity index (χ0v) is 12.6. The summed E-state index contributed by atoms with van der Waals surface area (Å²) in [7, 11) is 0. The minimum atomic E-state index is -0.340. The van der Waals surface area contributed by atoms with E-state index in [2.05, 4.69) is 0 Å². The van der Waals surface area contributed by atoms with Crippen LogP contribution in [-0.2, 0) is 0 Å². The Morgan fingerprint density at radius 1 is 0.833 bits per heavy atom. The van der Waals surface area contributed by atoms with E-state index < -0.39 is 0 Å². The van der Waals surface area contributed by atoms with Gasteiger partial charge in [-0.15, -0.1) is 11.6 Å². The Hall–Kier alpha value is -0.400. The largest absolute Gasteiger partial charge is 0.113 e. The molecule has 0 amide bonds. The molecule has 2 aromatic carbocycles. The van der Waals surface area contributed by atoms with Crippen molar-refractivity contribution in [3.8, 4) is 0 Å². The first kappa shape index (κ1) is 14.0. The van der Waals surface area contributed by atoms with E-state index in [1.807, 2.05) is 31.2 Å². The van der Waals surface area contributed by atoms with Crippen molar-refractivity contribution in [3.63, 3.8) is 0 Å². The number of halogens is 4. The van der Waals surface area contributed by atoms with E-state index in [4.69, 9.17) is 46.4 Å². The molecule has 0 fully saturated rings. The molecule has 0 saturated carbocycles. The summed E-state index contributed by atoms with van der Waals surface area (Å²) in [5.41, 5.74) is 2.83. The predicted molar refractivity (Wildman–Crippen MR) is 80.3 cm³/mol. The molecule has 1 atom stereocenters. The third kappa shape index (κ3) is 2.95. The van der Waals surface area contributed by atoms with E-state index in [-0.39, 0.29) is 5.38 Å². The van der Waals surface area contributed by atoms with Crippen molar-refractivity contribution in [3.05, 3.63) is 68.2 Å². The Morgan fingerprint density at radius 3 is 2.17 bits per heavy atom. The molecule has 0 aliphatic heterocycles. The van der Waals surface area contributed by atoms with Gasteiger partial charge >= 0.3 is 0 Å². The quantitative estimate of drug-likeness (QED) is 0.571. The summed E-state index contributed by atoms with van der Waals surface area (Å²) >= 11 is 24.5. The Bertz CT molecular complexity index is 578. The Kier molecular flexibility index (Phi) is 4.45. The zero-order valence-electron chi connectivity index (χ0n) is 9.55. The lowest BCUT2D eigenvalue weighted by Gasteiger charge is -2.13. The second-order valence-electron chi connectivity index (χ2n) is 4.06. The van der Waals surface area contributed by atoms with Crippen molar-refractivity contribution in [1.82, 2.24) is 0 Å². The van der Waals surface area contributed by atoms with Gasteiger partial charge in [0.15, 0.2) is 0 Å². The maximum absolute atomic E-state index is 6.43. The van der Waals surface area contributed by atoms with E-state index in [1.165, 1.54) is 0 Å². The number of hydrogen-bond donors (Lipinski definition) is 0. The minimum absolute atomic E-state index is 0.340. The lowest BCUT2D eigenvalue weighted by molar-refractivity contribution is 1.14. The first-order valence-corrected chi connectivity index (χ1v) is 6.91. The molecule has 0 aliphatic carbocycles. The number of rotatable bonds is 2. The molecule has 94 valence electrons. The highest BCUT2D eigenvalue weighted by Gasteiger charge is 2.15. The number of benzene rings is 2. The van der Waals surface area contributed by atoms with Gasteiger partial charge < -0.3 is 0 Å². The molecular formula is C14H10Cl4. The Morgan fingerprint density at radius 2 is 1.56 bits per heavy atom. The normalized spacial score (nSPS) is 12.5. The molecule has 0 aliphatic rings. The summed E-state index contributed by atoms with van der Waals surface area (Å²) in [6, 6.07) is 11.1. The van der Waals surface area contributed by atoms with Crippen LogP contribution in [0.25, 0.3) is 0 Å². The van der Waals surface area contributed by atoms with Crippen LogP contribution in [0.15, 0.2) is 36.4 Å². The fourth-order valence-electron chi connectivity index (χ4n) is 1.69. The van der Waals surface area contributed by atoms with Crippen LogP contribution < -0.4 is 0 Å². The highest BCUT2D eigenvalue weighted by Crippen LogP contribution is 2.36. The van der Waals surface area contributed by atoms with Gasteiger partial charge in [0.25, 0.3) is 0 Å². The zero-order chi connectivity index (χ0) is 13.3. The summed E-state index contributed by atoms with van der Waals surface area (Å²) in [4.78, 5) is 0. The summed E-state index contributed by atoms with van der Waals surface area (Å²) in [5, 5.41) is 1.32. The summed E-state index contributed by atoms with van der Waals surface area (Å²) in [5.74, 6) is 0. The van der Waals surface area contributed by atoms with Crippen molar-refractivity contribution in [2.75, 3.05) is 0 Å². The smallest absolute Gasteiger partial charge is 0.0850 e. The van der Waals surface area contributed by atoms with Crippen LogP contribution in [0.4, 0.5) is 0 Å². The van der Waals surface area contributed by atoms with Crippen LogP contribution in [0.5, 0.6) is 0 Å². The van der Waals surface area contributed by atoms with E-state index in [0.717, 1.165) is 16.7 Å². The minimum Gasteiger partial charge on any atom is -0.113 e. The average Bonchev–Trinajstić information content (AvgIpc) is 2.32. The molecule has 0 saturated heterocycles. The van der Waals surface area contributed by atoms with Gasteiger partial charge in [0.05, 0.1) is 15.4 Å². The second kappa shape index (κ2) is 5.71. The van der Waals surface area contributed by atoms with Gasteiger partial charge in [0.1, 0.15) is 0 Å². The van der Waals surface area contributed by atoms with Crippen LogP contribution in [0, 0.1) is 6.92 Å². The van der Waals surface area contributed by atoms with Crippen LogP contribution in [0.3, 0.4) is 0 Å². The molecule has 0 N–H and O–H groups in total. The van der Waals surface area contributed by atoms with Crippen LogP contribution in [0.1, 0.15) is 22.1 Å². The van der Waals surface area contributed by atoms with Gasteiger partial charge in [-0.3, -0.25) is 0 Å². The molecule has 2 rings (SSSR count). The van der Waals surface area contributed by atoms with Crippen molar-refractivity contribution >= 4 is 46.4 Å². The third-order valence-corrected chi connectivity index (χ3v) is 4.22. The van der Waals surface area contributed by atoms with Gasteiger partial charge in [0.2, 0.25) is 0 Å². The molecule has 0 spiro atoms. The van der Waals surface area contributed by atoms with Gasteiger partial charge in [-0.25, -0.2) is 0 Å². The fourth-order valence-corrected chi connectivity index (χ4v) is 2.72. The molecule has 0 nitrogen and oxygen atoms in total. The fraction of sp³-hybridized carbons (Fsp3) is 0.143. The monoisotopic (exact) mass is 318 g/mol. The topological polar surface area (TPSA) is 0 Å². The molecule has 2 aromatic rings. The van der Waals surface area contributed by atoms with Gasteiger partial charge in [0, 0.05) is 5.02 Å². The Labute approximate surface area is 126 Å². The molecule has 4 heteroatoms. The molecule has 0 bridgehead atoms. The molecular weight excluding hydrogens is 310 g/mol. The van der Waals surface area contributed by atoms with Gasteiger partial charge in [-0.05, 0) is 41.8 Å². The summed E-state index contributed by atoms with van der Waals surface area (Å²) < 4.78 is 0. The van der Waals surface area contributed by atoms with Gasteiger partial charge in [-0.2, -0.15) is 0 Å². The highest BCUT2D eigenvalue weighted by molar-refractivity contribution is 6.42. The summed E-state index contributed by atoms with van der Waals surface area (Å²) in [6.07, 6.45) is 0. The van der Waals surface area contributed by atoms with E-state index >= 15 is 0 Å². The molecule has 18 heavy (non-hydrogen) atoms. The average molecular weight is 320 g/mol. The van der Waals surface area contributed by atoms with Crippen LogP contribution in [-0.4, -0.2) is 0 Å².